The Morgan fingerprint density at radius 3 is 2.70 bits per heavy atom. The summed E-state index contributed by atoms with van der Waals surface area (Å²) in [5.74, 6) is -0.423. The Hall–Kier alpha value is -3.39. The third kappa shape index (κ3) is 4.42. The summed E-state index contributed by atoms with van der Waals surface area (Å²) in [6.45, 7) is 1.02. The van der Waals surface area contributed by atoms with E-state index in [2.05, 4.69) is 6.07 Å². The highest BCUT2D eigenvalue weighted by molar-refractivity contribution is 5.96. The number of amides is 1. The molecule has 1 amide bonds. The van der Waals surface area contributed by atoms with Crippen molar-refractivity contribution in [3.8, 4) is 6.07 Å². The van der Waals surface area contributed by atoms with Crippen molar-refractivity contribution < 1.29 is 9.18 Å². The summed E-state index contributed by atoms with van der Waals surface area (Å²) in [6.07, 6.45) is 5.74. The molecule has 0 radical (unpaired) electrons. The highest BCUT2D eigenvalue weighted by atomic mass is 19.1. The van der Waals surface area contributed by atoms with Crippen LogP contribution in [0.3, 0.4) is 0 Å². The Morgan fingerprint density at radius 1 is 1.22 bits per heavy atom. The molecule has 3 aromatic rings. The average molecular weight is 361 g/mol. The van der Waals surface area contributed by atoms with E-state index in [1.165, 1.54) is 12.1 Å². The number of fused-ring (bicyclic) bond motifs is 1. The number of benzene rings is 2. The topological polar surface area (TPSA) is 49.0 Å². The molecular weight excluding hydrogens is 341 g/mol. The van der Waals surface area contributed by atoms with E-state index in [9.17, 15) is 9.18 Å². The monoisotopic (exact) mass is 361 g/mol. The van der Waals surface area contributed by atoms with E-state index in [-0.39, 0.29) is 11.7 Å². The highest BCUT2D eigenvalue weighted by Gasteiger charge is 2.09. The average Bonchev–Trinajstić information content (AvgIpc) is 3.04. The number of halogens is 1. The number of carbonyl (C=O) groups excluding carboxylic acids is 1. The van der Waals surface area contributed by atoms with E-state index < -0.39 is 0 Å². The zero-order valence-electron chi connectivity index (χ0n) is 15.1. The van der Waals surface area contributed by atoms with Gasteiger partial charge < -0.3 is 9.47 Å². The maximum absolute atomic E-state index is 13.0. The molecular formula is C22H20FN3O. The second kappa shape index (κ2) is 8.33. The molecule has 27 heavy (non-hydrogen) atoms. The van der Waals surface area contributed by atoms with Gasteiger partial charge in [-0.2, -0.15) is 5.26 Å². The van der Waals surface area contributed by atoms with Gasteiger partial charge in [0.1, 0.15) is 5.82 Å². The highest BCUT2D eigenvalue weighted by Crippen LogP contribution is 2.23. The summed E-state index contributed by atoms with van der Waals surface area (Å²) in [7, 11) is 1.71. The van der Waals surface area contributed by atoms with E-state index in [1.807, 2.05) is 35.0 Å². The van der Waals surface area contributed by atoms with Gasteiger partial charge in [-0.1, -0.05) is 30.3 Å². The van der Waals surface area contributed by atoms with Crippen molar-refractivity contribution in [2.24, 2.45) is 0 Å². The van der Waals surface area contributed by atoms with Crippen molar-refractivity contribution in [3.05, 3.63) is 77.7 Å². The van der Waals surface area contributed by atoms with E-state index in [0.717, 1.165) is 22.0 Å². The zero-order chi connectivity index (χ0) is 19.2. The molecule has 0 N–H and O–H groups in total. The standard InChI is InChI=1S/C22H20FN3O/c1-25(15-17-7-10-19(23)11-8-17)22(27)12-9-18-16-26(14-4-13-24)21-6-3-2-5-20(18)21/h2-3,5-12,16H,4,14-15H2,1H3/b12-9+. The lowest BCUT2D eigenvalue weighted by molar-refractivity contribution is -0.125. The van der Waals surface area contributed by atoms with Crippen molar-refractivity contribution in [1.82, 2.24) is 9.47 Å². The van der Waals surface area contributed by atoms with Crippen molar-refractivity contribution in [2.75, 3.05) is 7.05 Å². The van der Waals surface area contributed by atoms with Crippen LogP contribution in [0, 0.1) is 17.1 Å². The van der Waals surface area contributed by atoms with Crippen molar-refractivity contribution in [2.45, 2.75) is 19.5 Å². The number of carbonyl (C=O) groups is 1. The lowest BCUT2D eigenvalue weighted by Crippen LogP contribution is -2.24. The first-order valence-electron chi connectivity index (χ1n) is 8.71. The molecule has 0 aliphatic carbocycles. The van der Waals surface area contributed by atoms with Gasteiger partial charge in [0, 0.05) is 48.9 Å². The van der Waals surface area contributed by atoms with Crippen molar-refractivity contribution in [1.29, 1.82) is 5.26 Å². The molecule has 0 aliphatic heterocycles. The summed E-state index contributed by atoms with van der Waals surface area (Å²) in [6, 6.07) is 16.2. The number of aromatic nitrogens is 1. The maximum atomic E-state index is 13.0. The van der Waals surface area contributed by atoms with Gasteiger partial charge in [-0.25, -0.2) is 4.39 Å². The number of aryl methyl sites for hydroxylation is 1. The number of rotatable bonds is 6. The first-order chi connectivity index (χ1) is 13.1. The van der Waals surface area contributed by atoms with Gasteiger partial charge >= 0.3 is 0 Å². The molecule has 0 atom stereocenters. The summed E-state index contributed by atoms with van der Waals surface area (Å²) in [4.78, 5) is 14.0. The van der Waals surface area contributed by atoms with Crippen LogP contribution in [-0.2, 0) is 17.9 Å². The Kier molecular flexibility index (Phi) is 5.68. The van der Waals surface area contributed by atoms with Gasteiger partial charge in [-0.05, 0) is 29.8 Å². The normalized spacial score (nSPS) is 11.0. The van der Waals surface area contributed by atoms with Crippen LogP contribution in [0.5, 0.6) is 0 Å². The Balaban J connectivity index is 1.75. The molecule has 1 aromatic heterocycles. The van der Waals surface area contributed by atoms with Crippen molar-refractivity contribution in [3.63, 3.8) is 0 Å². The van der Waals surface area contributed by atoms with Gasteiger partial charge in [0.15, 0.2) is 0 Å². The van der Waals surface area contributed by atoms with Gasteiger partial charge in [0.25, 0.3) is 0 Å². The summed E-state index contributed by atoms with van der Waals surface area (Å²) < 4.78 is 15.0. The summed E-state index contributed by atoms with van der Waals surface area (Å²) in [5.41, 5.74) is 2.85. The van der Waals surface area contributed by atoms with Crippen LogP contribution in [0.15, 0.2) is 60.8 Å². The minimum Gasteiger partial charge on any atom is -0.346 e. The molecule has 0 fully saturated rings. The van der Waals surface area contributed by atoms with Crippen LogP contribution in [0.25, 0.3) is 17.0 Å². The van der Waals surface area contributed by atoms with E-state index in [0.29, 0.717) is 19.5 Å². The number of nitrogens with zero attached hydrogens (tertiary/aromatic N) is 3. The Bertz CT molecular complexity index is 1010. The summed E-state index contributed by atoms with van der Waals surface area (Å²) >= 11 is 0. The maximum Gasteiger partial charge on any atom is 0.246 e. The second-order valence-corrected chi connectivity index (χ2v) is 6.36. The van der Waals surface area contributed by atoms with Crippen LogP contribution >= 0.6 is 0 Å². The van der Waals surface area contributed by atoms with Crippen LogP contribution in [0.1, 0.15) is 17.5 Å². The Morgan fingerprint density at radius 2 is 1.96 bits per heavy atom. The number of hydrogen-bond acceptors (Lipinski definition) is 2. The quantitative estimate of drug-likeness (QED) is 0.612. The largest absolute Gasteiger partial charge is 0.346 e. The lowest BCUT2D eigenvalue weighted by atomic mass is 10.1. The fraction of sp³-hybridized carbons (Fsp3) is 0.182. The molecule has 4 nitrogen and oxygen atoms in total. The molecule has 2 aromatic carbocycles. The smallest absolute Gasteiger partial charge is 0.246 e. The first-order valence-corrected chi connectivity index (χ1v) is 8.71. The number of nitriles is 1. The van der Waals surface area contributed by atoms with E-state index in [1.54, 1.807) is 36.2 Å². The van der Waals surface area contributed by atoms with E-state index in [4.69, 9.17) is 5.26 Å². The number of hydrogen-bond donors (Lipinski definition) is 0. The summed E-state index contributed by atoms with van der Waals surface area (Å²) in [5, 5.41) is 9.87. The molecule has 5 heteroatoms. The number of para-hydroxylation sites is 1. The van der Waals surface area contributed by atoms with Crippen LogP contribution in [0.2, 0.25) is 0 Å². The molecule has 0 unspecified atom stereocenters. The second-order valence-electron chi connectivity index (χ2n) is 6.36. The minimum atomic E-state index is -0.291. The van der Waals surface area contributed by atoms with Gasteiger partial charge in [-0.15, -0.1) is 0 Å². The van der Waals surface area contributed by atoms with Crippen LogP contribution < -0.4 is 0 Å². The molecule has 3 rings (SSSR count). The van der Waals surface area contributed by atoms with E-state index >= 15 is 0 Å². The molecule has 0 saturated heterocycles. The molecule has 0 bridgehead atoms. The van der Waals surface area contributed by atoms with Gasteiger partial charge in [0.2, 0.25) is 5.91 Å². The zero-order valence-corrected chi connectivity index (χ0v) is 15.1. The molecule has 1 heterocycles. The van der Waals surface area contributed by atoms with Crippen LogP contribution in [0.4, 0.5) is 4.39 Å². The Labute approximate surface area is 157 Å². The predicted molar refractivity (Wildman–Crippen MR) is 104 cm³/mol. The third-order valence-corrected chi connectivity index (χ3v) is 4.40. The van der Waals surface area contributed by atoms with Gasteiger partial charge in [0.05, 0.1) is 12.5 Å². The first kappa shape index (κ1) is 18.4. The molecule has 0 aliphatic rings. The lowest BCUT2D eigenvalue weighted by Gasteiger charge is -2.15. The van der Waals surface area contributed by atoms with Crippen LogP contribution in [-0.4, -0.2) is 22.4 Å². The molecule has 0 saturated carbocycles. The van der Waals surface area contributed by atoms with Crippen molar-refractivity contribution >= 4 is 22.9 Å². The predicted octanol–water partition coefficient (Wildman–Crippen LogP) is 4.37. The van der Waals surface area contributed by atoms with Gasteiger partial charge in [-0.3, -0.25) is 4.79 Å². The molecule has 0 spiro atoms. The third-order valence-electron chi connectivity index (χ3n) is 4.40. The SMILES string of the molecule is CN(Cc1ccc(F)cc1)C(=O)/C=C/c1cn(CCC#N)c2ccccc12. The fourth-order valence-electron chi connectivity index (χ4n) is 2.99. The fourth-order valence-corrected chi connectivity index (χ4v) is 2.99. The minimum absolute atomic E-state index is 0.131. The molecule has 136 valence electrons. The number of likely N-dealkylation sites (N-methyl/N-ethyl adjacent to an activating group) is 1.